The van der Waals surface area contributed by atoms with E-state index in [0.29, 0.717) is 30.9 Å². The van der Waals surface area contributed by atoms with Gasteiger partial charge in [-0.15, -0.1) is 0 Å². The third kappa shape index (κ3) is 5.09. The highest BCUT2D eigenvalue weighted by molar-refractivity contribution is 5.94. The molecule has 188 valence electrons. The molecular formula is C29H29N5O3. The first-order chi connectivity index (χ1) is 17.9. The van der Waals surface area contributed by atoms with Crippen LogP contribution in [0.4, 0.5) is 5.82 Å². The fraction of sp³-hybridized carbons (Fsp3) is 0.241. The van der Waals surface area contributed by atoms with Crippen molar-refractivity contribution < 1.29 is 14.4 Å². The Morgan fingerprint density at radius 2 is 1.84 bits per heavy atom. The number of nitrogens with one attached hydrogen (secondary N) is 2. The molecule has 1 saturated heterocycles. The van der Waals surface area contributed by atoms with Crippen LogP contribution in [-0.4, -0.2) is 40.2 Å². The number of hydrogen-bond donors (Lipinski definition) is 3. The van der Waals surface area contributed by atoms with E-state index in [1.54, 1.807) is 11.1 Å². The van der Waals surface area contributed by atoms with Crippen LogP contribution in [0.25, 0.3) is 21.5 Å². The maximum atomic E-state index is 13.7. The quantitative estimate of drug-likeness (QED) is 0.379. The van der Waals surface area contributed by atoms with Gasteiger partial charge in [0.25, 0.3) is 0 Å². The lowest BCUT2D eigenvalue weighted by Gasteiger charge is -2.29. The molecule has 3 aromatic carbocycles. The molecule has 0 spiro atoms. The Labute approximate surface area is 214 Å². The van der Waals surface area contributed by atoms with E-state index in [1.807, 2.05) is 66.7 Å². The molecule has 1 fully saturated rings. The summed E-state index contributed by atoms with van der Waals surface area (Å²) in [6, 6.07) is 19.8. The third-order valence-electron chi connectivity index (χ3n) is 6.87. The number of pyridine rings is 1. The Morgan fingerprint density at radius 3 is 2.65 bits per heavy atom. The van der Waals surface area contributed by atoms with Crippen molar-refractivity contribution in [1.29, 1.82) is 0 Å². The summed E-state index contributed by atoms with van der Waals surface area (Å²) in [7, 11) is 0. The van der Waals surface area contributed by atoms with Crippen molar-refractivity contribution in [3.05, 3.63) is 84.1 Å². The largest absolute Gasteiger partial charge is 0.383 e. The minimum atomic E-state index is -0.866. The van der Waals surface area contributed by atoms with Crippen molar-refractivity contribution in [2.24, 2.45) is 0 Å². The average Bonchev–Trinajstić information content (AvgIpc) is 3.40. The first-order valence-electron chi connectivity index (χ1n) is 12.4. The van der Waals surface area contributed by atoms with Gasteiger partial charge >= 0.3 is 0 Å². The Bertz CT molecular complexity index is 1500. The van der Waals surface area contributed by atoms with Gasteiger partial charge in [0.05, 0.1) is 0 Å². The second-order valence-electron chi connectivity index (χ2n) is 9.40. The van der Waals surface area contributed by atoms with Gasteiger partial charge in [-0.3, -0.25) is 14.4 Å². The lowest BCUT2D eigenvalue weighted by atomic mass is 10.0. The Kier molecular flexibility index (Phi) is 6.72. The molecule has 0 radical (unpaired) electrons. The van der Waals surface area contributed by atoms with Crippen LogP contribution in [0.15, 0.2) is 72.9 Å². The highest BCUT2D eigenvalue weighted by atomic mass is 16.2. The number of rotatable bonds is 6. The van der Waals surface area contributed by atoms with Gasteiger partial charge in [0.15, 0.2) is 0 Å². The highest BCUT2D eigenvalue weighted by Crippen LogP contribution is 2.27. The summed E-state index contributed by atoms with van der Waals surface area (Å²) in [5.41, 5.74) is 7.55. The molecule has 1 aliphatic rings. The molecule has 0 bridgehead atoms. The Balaban J connectivity index is 1.32. The van der Waals surface area contributed by atoms with Crippen LogP contribution in [0.3, 0.4) is 0 Å². The van der Waals surface area contributed by atoms with E-state index in [0.717, 1.165) is 33.5 Å². The maximum Gasteiger partial charge on any atom is 0.250 e. The van der Waals surface area contributed by atoms with E-state index in [1.165, 1.54) is 6.92 Å². The normalized spacial score (nSPS) is 16.0. The highest BCUT2D eigenvalue weighted by Gasteiger charge is 2.38. The first-order valence-corrected chi connectivity index (χ1v) is 12.4. The number of carbonyl (C=O) groups is 3. The van der Waals surface area contributed by atoms with Crippen LogP contribution in [0.1, 0.15) is 36.9 Å². The van der Waals surface area contributed by atoms with Gasteiger partial charge in [-0.05, 0) is 58.3 Å². The molecule has 5 rings (SSSR count). The molecule has 37 heavy (non-hydrogen) atoms. The molecule has 8 heteroatoms. The van der Waals surface area contributed by atoms with E-state index in [4.69, 9.17) is 5.73 Å². The number of nitrogens with two attached hydrogens (primary N) is 1. The fourth-order valence-corrected chi connectivity index (χ4v) is 5.01. The van der Waals surface area contributed by atoms with Gasteiger partial charge in [0, 0.05) is 31.6 Å². The summed E-state index contributed by atoms with van der Waals surface area (Å²) in [4.78, 5) is 44.6. The van der Waals surface area contributed by atoms with Gasteiger partial charge < -0.3 is 21.3 Å². The van der Waals surface area contributed by atoms with E-state index in [2.05, 4.69) is 15.6 Å². The predicted molar refractivity (Wildman–Crippen MR) is 143 cm³/mol. The number of fused-ring (bicyclic) bond motifs is 2. The molecule has 4 aromatic rings. The van der Waals surface area contributed by atoms with E-state index in [-0.39, 0.29) is 17.7 Å². The topological polar surface area (TPSA) is 117 Å². The minimum absolute atomic E-state index is 0.208. The smallest absolute Gasteiger partial charge is 0.250 e. The number of nitrogens with zero attached hydrogens (tertiary/aromatic N) is 2. The molecule has 8 nitrogen and oxygen atoms in total. The molecular weight excluding hydrogens is 466 g/mol. The summed E-state index contributed by atoms with van der Waals surface area (Å²) in [6.45, 7) is 2.18. The number of anilines is 1. The third-order valence-corrected chi connectivity index (χ3v) is 6.87. The maximum absolute atomic E-state index is 13.7. The second-order valence-corrected chi connectivity index (χ2v) is 9.40. The SMILES string of the molecule is CC(=O)NC(C(=O)N1CCCC1C(=O)NCc1ccc2c(N)nccc2c1)c1ccc2ccccc2c1. The number of likely N-dealkylation sites (tertiary alicyclic amines) is 1. The summed E-state index contributed by atoms with van der Waals surface area (Å²) >= 11 is 0. The summed E-state index contributed by atoms with van der Waals surface area (Å²) in [5.74, 6) is -0.329. The minimum Gasteiger partial charge on any atom is -0.383 e. The van der Waals surface area contributed by atoms with Gasteiger partial charge in [0.2, 0.25) is 17.7 Å². The van der Waals surface area contributed by atoms with Crippen molar-refractivity contribution in [1.82, 2.24) is 20.5 Å². The molecule has 2 atom stereocenters. The van der Waals surface area contributed by atoms with Crippen LogP contribution >= 0.6 is 0 Å². The molecule has 2 heterocycles. The lowest BCUT2D eigenvalue weighted by Crippen LogP contribution is -2.49. The van der Waals surface area contributed by atoms with Gasteiger partial charge in [-0.25, -0.2) is 4.98 Å². The molecule has 1 aromatic heterocycles. The van der Waals surface area contributed by atoms with Crippen LogP contribution in [0.5, 0.6) is 0 Å². The second kappa shape index (κ2) is 10.3. The molecule has 0 saturated carbocycles. The first kappa shape index (κ1) is 24.2. The average molecular weight is 496 g/mol. The summed E-state index contributed by atoms with van der Waals surface area (Å²) in [6.07, 6.45) is 2.95. The molecule has 3 amide bonds. The molecule has 0 aliphatic carbocycles. The number of carbonyl (C=O) groups excluding carboxylic acids is 3. The number of hydrogen-bond acceptors (Lipinski definition) is 5. The van der Waals surface area contributed by atoms with Gasteiger partial charge in [0.1, 0.15) is 17.9 Å². The zero-order valence-corrected chi connectivity index (χ0v) is 20.6. The molecule has 2 unspecified atom stereocenters. The Hall–Kier alpha value is -4.46. The van der Waals surface area contributed by atoms with Crippen LogP contribution in [-0.2, 0) is 20.9 Å². The lowest BCUT2D eigenvalue weighted by molar-refractivity contribution is -0.141. The molecule has 1 aliphatic heterocycles. The van der Waals surface area contributed by atoms with E-state index >= 15 is 0 Å². The predicted octanol–water partition coefficient (Wildman–Crippen LogP) is 3.45. The van der Waals surface area contributed by atoms with Crippen molar-refractivity contribution in [3.8, 4) is 0 Å². The molecule has 4 N–H and O–H groups in total. The summed E-state index contributed by atoms with van der Waals surface area (Å²) in [5, 5.41) is 9.62. The standard InChI is InChI=1S/C29H29N5O3/c1-18(35)33-26(23-10-9-20-5-2-3-6-21(20)16-23)29(37)34-14-4-7-25(34)28(36)32-17-19-8-11-24-22(15-19)12-13-31-27(24)30/h2-3,5-6,8-13,15-16,25-26H,4,7,14,17H2,1H3,(H2,30,31)(H,32,36)(H,33,35). The van der Waals surface area contributed by atoms with Gasteiger partial charge in [-0.2, -0.15) is 0 Å². The number of benzene rings is 3. The number of aromatic nitrogens is 1. The fourth-order valence-electron chi connectivity index (χ4n) is 5.01. The van der Waals surface area contributed by atoms with Gasteiger partial charge in [-0.1, -0.05) is 48.5 Å². The van der Waals surface area contributed by atoms with Crippen LogP contribution in [0.2, 0.25) is 0 Å². The Morgan fingerprint density at radius 1 is 1.03 bits per heavy atom. The van der Waals surface area contributed by atoms with Crippen molar-refractivity contribution >= 4 is 45.1 Å². The summed E-state index contributed by atoms with van der Waals surface area (Å²) < 4.78 is 0. The number of nitrogen functional groups attached to an aromatic ring is 1. The van der Waals surface area contributed by atoms with E-state index in [9.17, 15) is 14.4 Å². The van der Waals surface area contributed by atoms with Crippen molar-refractivity contribution in [2.45, 2.75) is 38.4 Å². The van der Waals surface area contributed by atoms with Crippen molar-refractivity contribution in [3.63, 3.8) is 0 Å². The van der Waals surface area contributed by atoms with Crippen molar-refractivity contribution in [2.75, 3.05) is 12.3 Å². The van der Waals surface area contributed by atoms with Crippen LogP contribution < -0.4 is 16.4 Å². The monoisotopic (exact) mass is 495 g/mol. The van der Waals surface area contributed by atoms with Crippen LogP contribution in [0, 0.1) is 0 Å². The van der Waals surface area contributed by atoms with E-state index < -0.39 is 12.1 Å². The zero-order valence-electron chi connectivity index (χ0n) is 20.6. The number of amides is 3. The zero-order chi connectivity index (χ0) is 25.9.